The summed E-state index contributed by atoms with van der Waals surface area (Å²) >= 11 is 0. The van der Waals surface area contributed by atoms with Crippen LogP contribution in [0.25, 0.3) is 0 Å². The molecule has 132 valence electrons. The summed E-state index contributed by atoms with van der Waals surface area (Å²) in [7, 11) is 4.58. The molecule has 0 aliphatic carbocycles. The Morgan fingerprint density at radius 3 is 2.12 bits per heavy atom. The quantitative estimate of drug-likeness (QED) is 0.689. The van der Waals surface area contributed by atoms with Crippen molar-refractivity contribution in [2.24, 2.45) is 0 Å². The molecular weight excluding hydrogens is 318 g/mol. The maximum Gasteiger partial charge on any atom is 0.254 e. The first-order valence-electron chi connectivity index (χ1n) is 7.88. The number of ether oxygens (including phenoxy) is 3. The summed E-state index contributed by atoms with van der Waals surface area (Å²) in [4.78, 5) is 14.7. The molecule has 25 heavy (non-hydrogen) atoms. The number of hydrogen-bond donors (Lipinski definition) is 0. The number of carbonyl (C=O) groups is 1. The molecule has 5 heteroatoms. The SMILES string of the molecule is C=CCN(Cc1ccccc1)C(=O)c1cc(OC)c(OC)c(OC)c1. The van der Waals surface area contributed by atoms with Crippen molar-refractivity contribution in [3.63, 3.8) is 0 Å². The molecule has 0 fully saturated rings. The topological polar surface area (TPSA) is 48.0 Å². The minimum Gasteiger partial charge on any atom is -0.493 e. The third-order valence-electron chi connectivity index (χ3n) is 3.76. The maximum atomic E-state index is 13.0. The van der Waals surface area contributed by atoms with Gasteiger partial charge in [-0.05, 0) is 17.7 Å². The molecule has 0 atom stereocenters. The lowest BCUT2D eigenvalue weighted by Gasteiger charge is -2.22. The number of nitrogens with zero attached hydrogens (tertiary/aromatic N) is 1. The summed E-state index contributed by atoms with van der Waals surface area (Å²) in [6.07, 6.45) is 1.71. The van der Waals surface area contributed by atoms with Gasteiger partial charge in [0.2, 0.25) is 5.75 Å². The summed E-state index contributed by atoms with van der Waals surface area (Å²) in [5.74, 6) is 1.22. The first kappa shape index (κ1) is 18.4. The fourth-order valence-electron chi connectivity index (χ4n) is 2.57. The molecule has 0 saturated heterocycles. The molecule has 0 aromatic heterocycles. The molecule has 0 aliphatic rings. The minimum atomic E-state index is -0.136. The highest BCUT2D eigenvalue weighted by atomic mass is 16.5. The van der Waals surface area contributed by atoms with E-state index < -0.39 is 0 Å². The van der Waals surface area contributed by atoms with Crippen molar-refractivity contribution in [1.82, 2.24) is 4.90 Å². The minimum absolute atomic E-state index is 0.136. The number of hydrogen-bond acceptors (Lipinski definition) is 4. The van der Waals surface area contributed by atoms with Crippen LogP contribution in [0.4, 0.5) is 0 Å². The zero-order valence-electron chi connectivity index (χ0n) is 14.8. The van der Waals surface area contributed by atoms with E-state index in [9.17, 15) is 4.79 Å². The van der Waals surface area contributed by atoms with Gasteiger partial charge in [0.25, 0.3) is 5.91 Å². The van der Waals surface area contributed by atoms with E-state index in [0.717, 1.165) is 5.56 Å². The van der Waals surface area contributed by atoms with E-state index in [1.165, 1.54) is 21.3 Å². The Labute approximate surface area is 148 Å². The lowest BCUT2D eigenvalue weighted by atomic mass is 10.1. The Morgan fingerprint density at radius 1 is 1.04 bits per heavy atom. The van der Waals surface area contributed by atoms with Crippen LogP contribution in [0.15, 0.2) is 55.1 Å². The van der Waals surface area contributed by atoms with Gasteiger partial charge in [-0.25, -0.2) is 0 Å². The van der Waals surface area contributed by atoms with Crippen molar-refractivity contribution < 1.29 is 19.0 Å². The van der Waals surface area contributed by atoms with E-state index in [1.54, 1.807) is 23.1 Å². The van der Waals surface area contributed by atoms with Crippen LogP contribution >= 0.6 is 0 Å². The highest BCUT2D eigenvalue weighted by Crippen LogP contribution is 2.38. The average molecular weight is 341 g/mol. The molecule has 2 aromatic carbocycles. The number of amides is 1. The summed E-state index contributed by atoms with van der Waals surface area (Å²) < 4.78 is 16.0. The van der Waals surface area contributed by atoms with Gasteiger partial charge in [0, 0.05) is 18.7 Å². The molecule has 0 radical (unpaired) electrons. The fraction of sp³-hybridized carbons (Fsp3) is 0.250. The molecule has 2 rings (SSSR count). The largest absolute Gasteiger partial charge is 0.493 e. The molecule has 1 amide bonds. The van der Waals surface area contributed by atoms with Crippen LogP contribution < -0.4 is 14.2 Å². The van der Waals surface area contributed by atoms with Gasteiger partial charge < -0.3 is 19.1 Å². The lowest BCUT2D eigenvalue weighted by Crippen LogP contribution is -2.30. The molecular formula is C20H23NO4. The zero-order valence-corrected chi connectivity index (χ0v) is 14.8. The fourth-order valence-corrected chi connectivity index (χ4v) is 2.57. The predicted octanol–water partition coefficient (Wildman–Crippen LogP) is 3.54. The van der Waals surface area contributed by atoms with E-state index >= 15 is 0 Å². The molecule has 0 heterocycles. The first-order chi connectivity index (χ1) is 12.1. The van der Waals surface area contributed by atoms with Crippen LogP contribution in [-0.4, -0.2) is 38.7 Å². The molecule has 0 saturated carbocycles. The van der Waals surface area contributed by atoms with Crippen molar-refractivity contribution in [1.29, 1.82) is 0 Å². The molecule has 0 aliphatic heterocycles. The van der Waals surface area contributed by atoms with Gasteiger partial charge in [-0.2, -0.15) is 0 Å². The van der Waals surface area contributed by atoms with E-state index in [1.807, 2.05) is 30.3 Å². The Morgan fingerprint density at radius 2 is 1.64 bits per heavy atom. The summed E-state index contributed by atoms with van der Waals surface area (Å²) in [6.45, 7) is 4.67. The molecule has 5 nitrogen and oxygen atoms in total. The van der Waals surface area contributed by atoms with E-state index in [-0.39, 0.29) is 5.91 Å². The molecule has 0 spiro atoms. The van der Waals surface area contributed by atoms with Crippen molar-refractivity contribution in [3.8, 4) is 17.2 Å². The molecule has 0 bridgehead atoms. The van der Waals surface area contributed by atoms with Gasteiger partial charge >= 0.3 is 0 Å². The van der Waals surface area contributed by atoms with Gasteiger partial charge in [0.05, 0.1) is 21.3 Å². The summed E-state index contributed by atoms with van der Waals surface area (Å²) in [5, 5.41) is 0. The number of carbonyl (C=O) groups excluding carboxylic acids is 1. The Hall–Kier alpha value is -2.95. The van der Waals surface area contributed by atoms with Crippen molar-refractivity contribution in [2.45, 2.75) is 6.54 Å². The summed E-state index contributed by atoms with van der Waals surface area (Å²) in [5.41, 5.74) is 1.51. The van der Waals surface area contributed by atoms with Crippen LogP contribution in [0.3, 0.4) is 0 Å². The molecule has 2 aromatic rings. The Balaban J connectivity index is 2.36. The monoisotopic (exact) mass is 341 g/mol. The van der Waals surface area contributed by atoms with Crippen LogP contribution in [0.5, 0.6) is 17.2 Å². The second kappa shape index (κ2) is 8.78. The number of methoxy groups -OCH3 is 3. The van der Waals surface area contributed by atoms with Crippen molar-refractivity contribution in [3.05, 3.63) is 66.2 Å². The normalized spacial score (nSPS) is 10.0. The Bertz CT molecular complexity index is 703. The number of rotatable bonds is 8. The average Bonchev–Trinajstić information content (AvgIpc) is 2.66. The highest BCUT2D eigenvalue weighted by Gasteiger charge is 2.20. The number of benzene rings is 2. The summed E-state index contributed by atoms with van der Waals surface area (Å²) in [6, 6.07) is 13.1. The van der Waals surface area contributed by atoms with Gasteiger partial charge in [0.15, 0.2) is 11.5 Å². The van der Waals surface area contributed by atoms with Gasteiger partial charge in [-0.15, -0.1) is 6.58 Å². The third kappa shape index (κ3) is 4.32. The predicted molar refractivity (Wildman–Crippen MR) is 97.5 cm³/mol. The molecule has 0 N–H and O–H groups in total. The zero-order chi connectivity index (χ0) is 18.2. The lowest BCUT2D eigenvalue weighted by molar-refractivity contribution is 0.0762. The van der Waals surface area contributed by atoms with E-state index in [4.69, 9.17) is 14.2 Å². The van der Waals surface area contributed by atoms with Crippen LogP contribution in [-0.2, 0) is 6.54 Å². The van der Waals surface area contributed by atoms with E-state index in [2.05, 4.69) is 6.58 Å². The van der Waals surface area contributed by atoms with E-state index in [0.29, 0.717) is 35.9 Å². The second-order valence-electron chi connectivity index (χ2n) is 5.37. The first-order valence-corrected chi connectivity index (χ1v) is 7.88. The van der Waals surface area contributed by atoms with Crippen molar-refractivity contribution >= 4 is 5.91 Å². The Kier molecular flexibility index (Phi) is 6.46. The molecule has 0 unspecified atom stereocenters. The van der Waals surface area contributed by atoms with Gasteiger partial charge in [-0.1, -0.05) is 36.4 Å². The highest BCUT2D eigenvalue weighted by molar-refractivity contribution is 5.95. The van der Waals surface area contributed by atoms with Crippen molar-refractivity contribution in [2.75, 3.05) is 27.9 Å². The third-order valence-corrected chi connectivity index (χ3v) is 3.76. The second-order valence-corrected chi connectivity index (χ2v) is 5.37. The van der Waals surface area contributed by atoms with Crippen LogP contribution in [0.1, 0.15) is 15.9 Å². The standard InChI is InChI=1S/C20H23NO4/c1-5-11-21(14-15-9-7-6-8-10-15)20(22)16-12-17(23-2)19(25-4)18(13-16)24-3/h5-10,12-13H,1,11,14H2,2-4H3. The maximum absolute atomic E-state index is 13.0. The smallest absolute Gasteiger partial charge is 0.254 e. The van der Waals surface area contributed by atoms with Gasteiger partial charge in [0.1, 0.15) is 0 Å². The van der Waals surface area contributed by atoms with Crippen LogP contribution in [0, 0.1) is 0 Å². The van der Waals surface area contributed by atoms with Gasteiger partial charge in [-0.3, -0.25) is 4.79 Å². The van der Waals surface area contributed by atoms with Crippen LogP contribution in [0.2, 0.25) is 0 Å².